The number of carbonyl (C=O) groups is 3. The fourth-order valence-corrected chi connectivity index (χ4v) is 5.72. The smallest absolute Gasteiger partial charge is 0.212 e. The predicted molar refractivity (Wildman–Crippen MR) is 120 cm³/mol. The van der Waals surface area contributed by atoms with Gasteiger partial charge in [-0.3, -0.25) is 14.4 Å². The summed E-state index contributed by atoms with van der Waals surface area (Å²) in [6.45, 7) is 2.66. The number of aliphatic hydroxyl groups excluding tert-OH is 2. The number of phenols is 1. The Balaban J connectivity index is 1.71. The molecule has 3 aliphatic carbocycles. The van der Waals surface area contributed by atoms with E-state index in [1.54, 1.807) is 13.0 Å². The molecule has 0 aliphatic heterocycles. The minimum absolute atomic E-state index is 0.0673. The maximum atomic E-state index is 13.7. The van der Waals surface area contributed by atoms with E-state index in [-0.39, 0.29) is 36.1 Å². The first-order valence-corrected chi connectivity index (χ1v) is 11.1. The first-order chi connectivity index (χ1) is 16.5. The Hall–Kier alpha value is -3.85. The molecule has 8 nitrogen and oxygen atoms in total. The van der Waals surface area contributed by atoms with E-state index >= 15 is 0 Å². The Kier molecular flexibility index (Phi) is 4.96. The average molecular weight is 479 g/mol. The highest BCUT2D eigenvalue weighted by atomic mass is 19.1. The van der Waals surface area contributed by atoms with Gasteiger partial charge in [-0.1, -0.05) is 0 Å². The van der Waals surface area contributed by atoms with Crippen molar-refractivity contribution in [2.24, 2.45) is 11.8 Å². The molecule has 2 aromatic rings. The number of aromatic hydroxyl groups is 1. The lowest BCUT2D eigenvalue weighted by Gasteiger charge is -2.45. The Morgan fingerprint density at radius 1 is 1.17 bits per heavy atom. The summed E-state index contributed by atoms with van der Waals surface area (Å²) in [6.07, 6.45) is 1.34. The summed E-state index contributed by atoms with van der Waals surface area (Å²) in [5.41, 5.74) is -1.46. The van der Waals surface area contributed by atoms with Crippen LogP contribution in [0.25, 0.3) is 11.1 Å². The SMILES string of the molecule is CC(=O)C1=C(O)C[C@@H]2C[C@@H]3Cc4c(-c5ccc(F)nc5)cc(C)c(O)c4C(=O)C3=C(O)[C@]2(O)C1=O. The summed E-state index contributed by atoms with van der Waals surface area (Å²) in [7, 11) is 0. The van der Waals surface area contributed by atoms with Gasteiger partial charge in [0, 0.05) is 29.7 Å². The third-order valence-corrected chi connectivity index (χ3v) is 7.40. The number of ketones is 3. The van der Waals surface area contributed by atoms with Crippen LogP contribution in [0.3, 0.4) is 0 Å². The highest BCUT2D eigenvalue weighted by Gasteiger charge is 2.59. The normalized spacial score (nSPS) is 25.8. The van der Waals surface area contributed by atoms with E-state index in [4.69, 9.17) is 0 Å². The fourth-order valence-electron chi connectivity index (χ4n) is 5.72. The minimum Gasteiger partial charge on any atom is -0.511 e. The van der Waals surface area contributed by atoms with Crippen molar-refractivity contribution in [2.45, 2.75) is 38.7 Å². The van der Waals surface area contributed by atoms with Crippen LogP contribution in [0.4, 0.5) is 4.39 Å². The molecule has 0 saturated heterocycles. The first-order valence-electron chi connectivity index (χ1n) is 11.1. The number of fused-ring (bicyclic) bond motifs is 3. The number of carbonyl (C=O) groups excluding carboxylic acids is 3. The number of phenolic OH excluding ortho intramolecular Hbond substituents is 1. The van der Waals surface area contributed by atoms with Crippen molar-refractivity contribution in [3.05, 3.63) is 69.7 Å². The Bertz CT molecular complexity index is 1410. The second-order valence-corrected chi connectivity index (χ2v) is 9.42. The lowest BCUT2D eigenvalue weighted by Crippen LogP contribution is -2.56. The number of aryl methyl sites for hydroxylation is 1. The first kappa shape index (κ1) is 22.9. The van der Waals surface area contributed by atoms with Crippen molar-refractivity contribution in [3.8, 4) is 16.9 Å². The van der Waals surface area contributed by atoms with Crippen LogP contribution < -0.4 is 0 Å². The molecule has 1 heterocycles. The van der Waals surface area contributed by atoms with Gasteiger partial charge in [-0.25, -0.2) is 4.98 Å². The highest BCUT2D eigenvalue weighted by molar-refractivity contribution is 6.25. The van der Waals surface area contributed by atoms with Crippen molar-refractivity contribution in [1.82, 2.24) is 4.98 Å². The Morgan fingerprint density at radius 2 is 1.89 bits per heavy atom. The van der Waals surface area contributed by atoms with Gasteiger partial charge >= 0.3 is 0 Å². The number of halogens is 1. The summed E-state index contributed by atoms with van der Waals surface area (Å²) >= 11 is 0. The van der Waals surface area contributed by atoms with Crippen LogP contribution in [0, 0.1) is 24.7 Å². The molecule has 0 unspecified atom stereocenters. The molecule has 1 aromatic carbocycles. The molecule has 0 bridgehead atoms. The highest BCUT2D eigenvalue weighted by Crippen LogP contribution is 2.52. The monoisotopic (exact) mass is 479 g/mol. The molecule has 1 aromatic heterocycles. The number of aromatic nitrogens is 1. The molecule has 9 heteroatoms. The van der Waals surface area contributed by atoms with E-state index in [1.165, 1.54) is 18.3 Å². The van der Waals surface area contributed by atoms with Gasteiger partial charge in [-0.2, -0.15) is 4.39 Å². The molecule has 4 N–H and O–H groups in total. The minimum atomic E-state index is -2.53. The van der Waals surface area contributed by atoms with Crippen LogP contribution in [0.1, 0.15) is 41.3 Å². The molecular weight excluding hydrogens is 457 g/mol. The van der Waals surface area contributed by atoms with Gasteiger partial charge < -0.3 is 20.4 Å². The van der Waals surface area contributed by atoms with E-state index in [0.717, 1.165) is 6.92 Å². The van der Waals surface area contributed by atoms with Gasteiger partial charge in [0.25, 0.3) is 0 Å². The largest absolute Gasteiger partial charge is 0.511 e. The second kappa shape index (κ2) is 7.58. The van der Waals surface area contributed by atoms with Crippen molar-refractivity contribution in [3.63, 3.8) is 0 Å². The van der Waals surface area contributed by atoms with Gasteiger partial charge in [-0.15, -0.1) is 0 Å². The van der Waals surface area contributed by atoms with E-state index in [0.29, 0.717) is 22.3 Å². The molecular formula is C26H22FNO7. The molecule has 0 saturated carbocycles. The quantitative estimate of drug-likeness (QED) is 0.380. The molecule has 3 aliphatic rings. The summed E-state index contributed by atoms with van der Waals surface area (Å²) in [5.74, 6) is -6.51. The van der Waals surface area contributed by atoms with Crippen molar-refractivity contribution < 1.29 is 39.2 Å². The molecule has 0 amide bonds. The van der Waals surface area contributed by atoms with E-state index in [2.05, 4.69) is 4.98 Å². The van der Waals surface area contributed by atoms with E-state index in [1.807, 2.05) is 0 Å². The number of aliphatic hydroxyl groups is 3. The van der Waals surface area contributed by atoms with Gasteiger partial charge in [0.05, 0.1) is 5.56 Å². The number of Topliss-reactive ketones (excluding diaryl/α,β-unsaturated/α-hetero) is 3. The van der Waals surface area contributed by atoms with E-state index < -0.39 is 57.8 Å². The third-order valence-electron chi connectivity index (χ3n) is 7.40. The van der Waals surface area contributed by atoms with Gasteiger partial charge in [0.1, 0.15) is 22.8 Å². The second-order valence-electron chi connectivity index (χ2n) is 9.42. The summed E-state index contributed by atoms with van der Waals surface area (Å²) in [6, 6.07) is 4.36. The molecule has 3 atom stereocenters. The zero-order valence-corrected chi connectivity index (χ0v) is 18.9. The maximum Gasteiger partial charge on any atom is 0.212 e. The standard InChI is InChI=1S/C26H22FNO7/c1-10-5-15(12-3-4-18(27)28-9-12)16-7-13-6-14-8-17(30)19(11(2)29)24(33)26(14,35)25(34)20(13)23(32)21(16)22(10)31/h3-5,9,13-14,30-31,34-35H,6-8H2,1-2H3/t13-,14+,26-/m1/s1. The third kappa shape index (κ3) is 3.07. The van der Waals surface area contributed by atoms with Gasteiger partial charge in [-0.05, 0) is 67.5 Å². The number of pyridine rings is 1. The van der Waals surface area contributed by atoms with Gasteiger partial charge in [0.2, 0.25) is 11.7 Å². The lowest BCUT2D eigenvalue weighted by atomic mass is 9.59. The summed E-state index contributed by atoms with van der Waals surface area (Å²) in [4.78, 5) is 42.4. The number of hydrogen-bond donors (Lipinski definition) is 4. The lowest BCUT2D eigenvalue weighted by molar-refractivity contribution is -0.144. The van der Waals surface area contributed by atoms with E-state index in [9.17, 15) is 39.2 Å². The Labute approximate surface area is 199 Å². The number of allylic oxidation sites excluding steroid dienone is 2. The predicted octanol–water partition coefficient (Wildman–Crippen LogP) is 3.19. The van der Waals surface area contributed by atoms with Crippen molar-refractivity contribution >= 4 is 17.3 Å². The number of hydrogen-bond acceptors (Lipinski definition) is 8. The number of nitrogens with zero attached hydrogens (tertiary/aromatic N) is 1. The van der Waals surface area contributed by atoms with Crippen molar-refractivity contribution in [2.75, 3.05) is 0 Å². The molecule has 180 valence electrons. The van der Waals surface area contributed by atoms with Crippen LogP contribution in [-0.4, -0.2) is 48.4 Å². The number of rotatable bonds is 2. The summed E-state index contributed by atoms with van der Waals surface area (Å²) < 4.78 is 13.4. The molecule has 0 fully saturated rings. The summed E-state index contributed by atoms with van der Waals surface area (Å²) in [5, 5.41) is 43.6. The zero-order valence-electron chi connectivity index (χ0n) is 18.9. The topological polar surface area (TPSA) is 145 Å². The molecule has 0 spiro atoms. The zero-order chi connectivity index (χ0) is 25.4. The van der Waals surface area contributed by atoms with Crippen LogP contribution in [0.15, 0.2) is 47.1 Å². The number of benzene rings is 1. The molecule has 5 rings (SSSR count). The Morgan fingerprint density at radius 3 is 2.51 bits per heavy atom. The van der Waals surface area contributed by atoms with Crippen LogP contribution in [0.2, 0.25) is 0 Å². The van der Waals surface area contributed by atoms with Crippen LogP contribution >= 0.6 is 0 Å². The average Bonchev–Trinajstić information content (AvgIpc) is 2.79. The molecule has 0 radical (unpaired) electrons. The van der Waals surface area contributed by atoms with Crippen LogP contribution in [0.5, 0.6) is 5.75 Å². The van der Waals surface area contributed by atoms with Crippen molar-refractivity contribution in [1.29, 1.82) is 0 Å². The van der Waals surface area contributed by atoms with Gasteiger partial charge in [0.15, 0.2) is 17.2 Å². The van der Waals surface area contributed by atoms with Crippen LogP contribution in [-0.2, 0) is 16.0 Å². The fraction of sp³-hybridized carbons (Fsp3) is 0.308. The maximum absolute atomic E-state index is 13.7. The molecule has 35 heavy (non-hydrogen) atoms.